The summed E-state index contributed by atoms with van der Waals surface area (Å²) in [6, 6.07) is -10.9. The van der Waals surface area contributed by atoms with E-state index >= 15 is 0 Å². The fraction of sp³-hybridized carbons (Fsp3) is 0.677. The molecule has 0 saturated carbocycles. The van der Waals surface area contributed by atoms with Gasteiger partial charge >= 0.3 is 11.9 Å². The third-order valence-corrected chi connectivity index (χ3v) is 7.67. The Kier molecular flexibility index (Phi) is 21.0. The first kappa shape index (κ1) is 48.6. The Labute approximate surface area is 310 Å². The van der Waals surface area contributed by atoms with E-state index in [2.05, 4.69) is 31.9 Å². The average Bonchev–Trinajstić information content (AvgIpc) is 3.05. The number of carbonyl (C=O) groups is 10. The van der Waals surface area contributed by atoms with Gasteiger partial charge in [-0.1, -0.05) is 13.8 Å². The first-order chi connectivity index (χ1) is 24.9. The van der Waals surface area contributed by atoms with Crippen LogP contribution < -0.4 is 49.1 Å². The number of carboxylic acids is 2. The van der Waals surface area contributed by atoms with E-state index in [0.717, 1.165) is 6.92 Å². The highest BCUT2D eigenvalue weighted by molar-refractivity contribution is 5.97. The van der Waals surface area contributed by atoms with Crippen molar-refractivity contribution in [1.82, 2.24) is 31.9 Å². The predicted molar refractivity (Wildman–Crippen MR) is 185 cm³/mol. The lowest BCUT2D eigenvalue weighted by atomic mass is 10.0. The number of primary amides is 2. The molecule has 0 rings (SSSR count). The molecule has 0 unspecified atom stereocenters. The maximum Gasteiger partial charge on any atom is 0.326 e. The Morgan fingerprint density at radius 2 is 0.815 bits per heavy atom. The summed E-state index contributed by atoms with van der Waals surface area (Å²) in [5.41, 5.74) is 15.7. The highest BCUT2D eigenvalue weighted by Gasteiger charge is 2.36. The Morgan fingerprint density at radius 3 is 1.19 bits per heavy atom. The lowest BCUT2D eigenvalue weighted by Gasteiger charge is -2.30. The Balaban J connectivity index is 6.27. The molecule has 0 aliphatic carbocycles. The minimum Gasteiger partial charge on any atom is -0.481 e. The summed E-state index contributed by atoms with van der Waals surface area (Å²) in [7, 11) is 0. The monoisotopic (exact) mass is 775 g/mol. The van der Waals surface area contributed by atoms with Crippen molar-refractivity contribution in [3.63, 3.8) is 0 Å². The molecule has 306 valence electrons. The molecule has 0 radical (unpaired) electrons. The standard InChI is InChI=1S/C31H53N9O14/c1-12(2)22(38-30(52)24(15(5)42)39-25(47)13(3)32)28(50)40-23(14(4)41)29(51)36-17(8-11-21(45)46)26(48)35-16(6-9-19(33)43)27(49)37-18(31(53)54)7-10-20(34)44/h12-18,22-24,41-42H,6-11,32H2,1-5H3,(H2,33,43)(H2,34,44)(H,35,48)(H,36,51)(H,37,49)(H,38,52)(H,39,47)(H,40,50)(H,45,46)(H,53,54)/t13-,14+,15+,16-,17-,18-,22-,23-,24-/m0/s1. The van der Waals surface area contributed by atoms with Crippen LogP contribution in [0.1, 0.15) is 73.1 Å². The van der Waals surface area contributed by atoms with Crippen LogP contribution >= 0.6 is 0 Å². The molecule has 0 aromatic carbocycles. The van der Waals surface area contributed by atoms with Crippen molar-refractivity contribution < 1.29 is 68.4 Å². The summed E-state index contributed by atoms with van der Waals surface area (Å²) < 4.78 is 0. The van der Waals surface area contributed by atoms with Gasteiger partial charge in [0, 0.05) is 19.3 Å². The van der Waals surface area contributed by atoms with Crippen LogP contribution in [0.4, 0.5) is 0 Å². The number of nitrogens with one attached hydrogen (secondary N) is 6. The number of hydrogen-bond donors (Lipinski definition) is 13. The summed E-state index contributed by atoms with van der Waals surface area (Å²) in [6.45, 7) is 6.64. The van der Waals surface area contributed by atoms with Crippen molar-refractivity contribution in [2.24, 2.45) is 23.1 Å². The van der Waals surface area contributed by atoms with Gasteiger partial charge in [0.1, 0.15) is 36.3 Å². The molecule has 0 aliphatic rings. The van der Waals surface area contributed by atoms with Crippen LogP contribution in [0.25, 0.3) is 0 Å². The summed E-state index contributed by atoms with van der Waals surface area (Å²) in [4.78, 5) is 124. The number of rotatable bonds is 25. The smallest absolute Gasteiger partial charge is 0.326 e. The van der Waals surface area contributed by atoms with Gasteiger partial charge in [0.2, 0.25) is 47.3 Å². The van der Waals surface area contributed by atoms with Crippen molar-refractivity contribution in [2.45, 2.75) is 128 Å². The topological polar surface area (TPSA) is 402 Å². The van der Waals surface area contributed by atoms with Crippen molar-refractivity contribution in [3.8, 4) is 0 Å². The highest BCUT2D eigenvalue weighted by Crippen LogP contribution is 2.09. The maximum atomic E-state index is 13.4. The molecule has 23 heteroatoms. The minimum atomic E-state index is -1.84. The molecule has 0 aliphatic heterocycles. The number of aliphatic carboxylic acids is 2. The molecule has 0 heterocycles. The van der Waals surface area contributed by atoms with Gasteiger partial charge in [-0.25, -0.2) is 4.79 Å². The zero-order valence-electron chi connectivity index (χ0n) is 30.6. The first-order valence-corrected chi connectivity index (χ1v) is 16.8. The SMILES string of the molecule is CC(C)[C@H](NC(=O)[C@@H](NC(=O)[C@H](C)N)[C@@H](C)O)C(=O)N[C@H](C(=O)N[C@@H](CCC(=O)O)C(=O)N[C@@H](CCC(N)=O)C(=O)N[C@@H](CCC(N)=O)C(=O)O)[C@@H](C)O. The number of aliphatic hydroxyl groups excluding tert-OH is 2. The van der Waals surface area contributed by atoms with Crippen molar-refractivity contribution in [3.05, 3.63) is 0 Å². The fourth-order valence-corrected chi connectivity index (χ4v) is 4.56. The third-order valence-electron chi connectivity index (χ3n) is 7.67. The van der Waals surface area contributed by atoms with Crippen molar-refractivity contribution in [2.75, 3.05) is 0 Å². The Hall–Kier alpha value is -5.42. The zero-order valence-corrected chi connectivity index (χ0v) is 30.6. The molecule has 54 heavy (non-hydrogen) atoms. The van der Waals surface area contributed by atoms with Gasteiger partial charge in [-0.3, -0.25) is 43.2 Å². The quantitative estimate of drug-likeness (QED) is 0.0411. The van der Waals surface area contributed by atoms with Crippen LogP contribution in [0, 0.1) is 5.92 Å². The first-order valence-electron chi connectivity index (χ1n) is 16.8. The van der Waals surface area contributed by atoms with E-state index in [-0.39, 0.29) is 0 Å². The molecule has 0 fully saturated rings. The summed E-state index contributed by atoms with van der Waals surface area (Å²) in [5, 5.41) is 52.6. The van der Waals surface area contributed by atoms with Crippen LogP contribution in [-0.4, -0.2) is 134 Å². The zero-order chi connectivity index (χ0) is 42.0. The van der Waals surface area contributed by atoms with E-state index in [9.17, 15) is 68.4 Å². The predicted octanol–water partition coefficient (Wildman–Crippen LogP) is -5.86. The van der Waals surface area contributed by atoms with Crippen LogP contribution in [0.15, 0.2) is 0 Å². The van der Waals surface area contributed by atoms with Crippen LogP contribution in [0.5, 0.6) is 0 Å². The van der Waals surface area contributed by atoms with Gasteiger partial charge in [-0.05, 0) is 46.0 Å². The molecule has 0 aromatic heterocycles. The van der Waals surface area contributed by atoms with Crippen LogP contribution in [-0.2, 0) is 47.9 Å². The van der Waals surface area contributed by atoms with Crippen molar-refractivity contribution in [1.29, 1.82) is 0 Å². The van der Waals surface area contributed by atoms with E-state index in [0.29, 0.717) is 0 Å². The molecule has 16 N–H and O–H groups in total. The van der Waals surface area contributed by atoms with Crippen molar-refractivity contribution >= 4 is 59.2 Å². The largest absolute Gasteiger partial charge is 0.481 e. The number of carboxylic acid groups (broad SMARTS) is 2. The van der Waals surface area contributed by atoms with Gasteiger partial charge in [0.25, 0.3) is 0 Å². The molecule has 9 atom stereocenters. The number of hydrogen-bond acceptors (Lipinski definition) is 13. The molecule has 8 amide bonds. The van der Waals surface area contributed by atoms with Gasteiger partial charge in [0.05, 0.1) is 18.2 Å². The Morgan fingerprint density at radius 1 is 0.481 bits per heavy atom. The molecule has 0 spiro atoms. The molecular formula is C31H53N9O14. The number of carbonyl (C=O) groups excluding carboxylic acids is 8. The van der Waals surface area contributed by atoms with Gasteiger partial charge in [0.15, 0.2) is 0 Å². The molecular weight excluding hydrogens is 722 g/mol. The summed E-state index contributed by atoms with van der Waals surface area (Å²) in [5.74, 6) is -11.8. The van der Waals surface area contributed by atoms with Crippen LogP contribution in [0.3, 0.4) is 0 Å². The Bertz CT molecular complexity index is 1390. The van der Waals surface area contributed by atoms with Gasteiger partial charge in [-0.2, -0.15) is 0 Å². The lowest BCUT2D eigenvalue weighted by molar-refractivity contribution is -0.143. The summed E-state index contributed by atoms with van der Waals surface area (Å²) >= 11 is 0. The van der Waals surface area contributed by atoms with E-state index in [1.807, 2.05) is 0 Å². The van der Waals surface area contributed by atoms with E-state index in [1.54, 1.807) is 0 Å². The fourth-order valence-electron chi connectivity index (χ4n) is 4.56. The minimum absolute atomic E-state index is 0.427. The third kappa shape index (κ3) is 17.9. The van der Waals surface area contributed by atoms with Gasteiger partial charge < -0.3 is 69.5 Å². The maximum absolute atomic E-state index is 13.4. The lowest BCUT2D eigenvalue weighted by Crippen LogP contribution is -2.63. The molecule has 23 nitrogen and oxygen atoms in total. The second-order valence-electron chi connectivity index (χ2n) is 12.9. The second kappa shape index (κ2) is 23.3. The van der Waals surface area contributed by atoms with E-state index in [4.69, 9.17) is 17.2 Å². The number of nitrogens with two attached hydrogens (primary N) is 3. The molecule has 0 bridgehead atoms. The molecule has 0 aromatic rings. The number of aliphatic hydroxyl groups is 2. The average molecular weight is 776 g/mol. The molecule has 0 saturated heterocycles. The van der Waals surface area contributed by atoms with E-state index in [1.165, 1.54) is 27.7 Å². The van der Waals surface area contributed by atoms with Crippen LogP contribution in [0.2, 0.25) is 0 Å². The second-order valence-corrected chi connectivity index (χ2v) is 12.9. The highest BCUT2D eigenvalue weighted by atomic mass is 16.4. The van der Waals surface area contributed by atoms with Gasteiger partial charge in [-0.15, -0.1) is 0 Å². The number of amides is 8. The van der Waals surface area contributed by atoms with E-state index < -0.39 is 158 Å². The normalized spacial score (nSPS) is 16.0. The summed E-state index contributed by atoms with van der Waals surface area (Å²) in [6.07, 6.45) is -6.26.